The van der Waals surface area contributed by atoms with Gasteiger partial charge in [-0.25, -0.2) is 0 Å². The van der Waals surface area contributed by atoms with Gasteiger partial charge in [0.1, 0.15) is 0 Å². The van der Waals surface area contributed by atoms with Crippen molar-refractivity contribution >= 4 is 21.7 Å². The van der Waals surface area contributed by atoms with Crippen LogP contribution in [-0.4, -0.2) is 4.86 Å². The van der Waals surface area contributed by atoms with Gasteiger partial charge in [-0.2, -0.15) is 4.36 Å². The summed E-state index contributed by atoms with van der Waals surface area (Å²) in [5.74, 6) is 0.872. The monoisotopic (exact) mass is 415 g/mol. The molecular weight excluding hydrogens is 382 g/mol. The lowest BCUT2D eigenvalue weighted by Gasteiger charge is -2.16. The summed E-state index contributed by atoms with van der Waals surface area (Å²) < 4.78 is 5.19. The Balaban J connectivity index is 2.34. The summed E-state index contributed by atoms with van der Waals surface area (Å²) in [5, 5.41) is 0. The van der Waals surface area contributed by atoms with Gasteiger partial charge in [-0.15, -0.1) is 0 Å². The molecule has 0 N–H and O–H groups in total. The number of rotatable bonds is 5. The van der Waals surface area contributed by atoms with Crippen LogP contribution >= 0.6 is 0 Å². The van der Waals surface area contributed by atoms with Gasteiger partial charge in [0, 0.05) is 0 Å². The molecule has 3 aromatic carbocycles. The maximum Gasteiger partial charge on any atom is 0.0829 e. The van der Waals surface area contributed by atoms with Crippen LogP contribution < -0.4 is 0 Å². The van der Waals surface area contributed by atoms with E-state index in [9.17, 15) is 0 Å². The van der Waals surface area contributed by atoms with Gasteiger partial charge in [0.2, 0.25) is 0 Å². The van der Waals surface area contributed by atoms with Crippen molar-refractivity contribution in [1.29, 1.82) is 0 Å². The molecule has 0 amide bonds. The number of hydrogen-bond donors (Lipinski definition) is 0. The molecule has 0 saturated carbocycles. The average Bonchev–Trinajstić information content (AvgIpc) is 2.70. The predicted octanol–water partition coefficient (Wildman–Crippen LogP) is 8.03. The summed E-state index contributed by atoms with van der Waals surface area (Å²) in [6, 6.07) is 21.8. The van der Waals surface area contributed by atoms with Crippen molar-refractivity contribution in [3.05, 3.63) is 99.6 Å². The largest absolute Gasteiger partial charge is 0.192 e. The first-order valence-corrected chi connectivity index (χ1v) is 11.6. The van der Waals surface area contributed by atoms with Gasteiger partial charge in [0.25, 0.3) is 0 Å². The maximum absolute atomic E-state index is 5.19. The number of aryl methyl sites for hydroxylation is 3. The molecule has 0 aliphatic heterocycles. The maximum atomic E-state index is 5.19. The fraction of sp³-hybridized carbons (Fsp3) is 0.321. The highest BCUT2D eigenvalue weighted by atomic mass is 32.1. The van der Waals surface area contributed by atoms with E-state index in [0.717, 1.165) is 5.69 Å². The van der Waals surface area contributed by atoms with Crippen LogP contribution in [0, 0.1) is 20.8 Å². The molecule has 1 nitrogen and oxygen atoms in total. The zero-order valence-electron chi connectivity index (χ0n) is 19.3. The van der Waals surface area contributed by atoms with E-state index in [-0.39, 0.29) is 0 Å². The average molecular weight is 416 g/mol. The second kappa shape index (κ2) is 9.57. The molecule has 0 unspecified atom stereocenters. The van der Waals surface area contributed by atoms with Gasteiger partial charge in [0.15, 0.2) is 0 Å². The Morgan fingerprint density at radius 3 is 1.77 bits per heavy atom. The fourth-order valence-corrected chi connectivity index (χ4v) is 5.13. The first kappa shape index (κ1) is 22.2. The Labute approximate surface area is 185 Å². The lowest BCUT2D eigenvalue weighted by molar-refractivity contribution is 0.835. The Bertz CT molecular complexity index is 1050. The van der Waals surface area contributed by atoms with Gasteiger partial charge >= 0.3 is 0 Å². The van der Waals surface area contributed by atoms with Gasteiger partial charge in [0.05, 0.1) is 10.6 Å². The topological polar surface area (TPSA) is 12.4 Å². The molecular formula is C28H33NS. The van der Waals surface area contributed by atoms with Crippen LogP contribution in [0.15, 0.2) is 65.0 Å². The molecule has 0 saturated heterocycles. The Kier molecular flexibility index (Phi) is 7.10. The predicted molar refractivity (Wildman–Crippen MR) is 134 cm³/mol. The smallest absolute Gasteiger partial charge is 0.0829 e. The summed E-state index contributed by atoms with van der Waals surface area (Å²) in [6.45, 7) is 15.6. The summed E-state index contributed by atoms with van der Waals surface area (Å²) in [7, 11) is 0. The fourth-order valence-electron chi connectivity index (χ4n) is 4.08. The van der Waals surface area contributed by atoms with E-state index in [0.29, 0.717) is 11.8 Å². The summed E-state index contributed by atoms with van der Waals surface area (Å²) in [6.07, 6.45) is 0. The van der Waals surface area contributed by atoms with Gasteiger partial charge in [-0.1, -0.05) is 93.9 Å². The zero-order chi connectivity index (χ0) is 21.8. The number of nitrogens with zero attached hydrogens (tertiary/aromatic N) is 1. The standard InChI is InChI=1S/C28H33NS/c1-18(2)24-14-11-15-25(19(3)4)27(24)29-30-28(23-12-9-8-10-13-23)26-21(6)16-20(5)17-22(26)7/h8-19H,1-7H3. The van der Waals surface area contributed by atoms with Crippen molar-refractivity contribution in [3.63, 3.8) is 0 Å². The molecule has 0 atom stereocenters. The van der Waals surface area contributed by atoms with Crippen molar-refractivity contribution in [2.24, 2.45) is 4.36 Å². The number of benzene rings is 3. The lowest BCUT2D eigenvalue weighted by Crippen LogP contribution is -2.08. The van der Waals surface area contributed by atoms with E-state index >= 15 is 0 Å². The third kappa shape index (κ3) is 4.82. The molecule has 0 aromatic heterocycles. The minimum Gasteiger partial charge on any atom is -0.192 e. The van der Waals surface area contributed by atoms with E-state index in [1.165, 1.54) is 43.8 Å². The summed E-state index contributed by atoms with van der Waals surface area (Å²) in [5.41, 5.74) is 10.2. The van der Waals surface area contributed by atoms with Crippen LogP contribution in [0.25, 0.3) is 0 Å². The highest BCUT2D eigenvalue weighted by Gasteiger charge is 2.15. The van der Waals surface area contributed by atoms with E-state index in [1.54, 1.807) is 11.1 Å². The molecule has 2 heteroatoms. The van der Waals surface area contributed by atoms with E-state index in [4.69, 9.17) is 4.36 Å². The molecule has 0 bridgehead atoms. The van der Waals surface area contributed by atoms with E-state index in [1.807, 2.05) is 0 Å². The Hall–Kier alpha value is -2.45. The molecule has 30 heavy (non-hydrogen) atoms. The van der Waals surface area contributed by atoms with Crippen molar-refractivity contribution in [2.75, 3.05) is 0 Å². The molecule has 0 spiro atoms. The molecule has 0 aliphatic carbocycles. The third-order valence-corrected chi connectivity index (χ3v) is 6.41. The highest BCUT2D eigenvalue weighted by molar-refractivity contribution is 7.70. The molecule has 0 fully saturated rings. The second-order valence-electron chi connectivity index (χ2n) is 8.75. The first-order chi connectivity index (χ1) is 14.3. The van der Waals surface area contributed by atoms with Crippen LogP contribution in [0.1, 0.15) is 78.5 Å². The van der Waals surface area contributed by atoms with Crippen LogP contribution in [0.2, 0.25) is 0 Å². The Morgan fingerprint density at radius 1 is 0.733 bits per heavy atom. The minimum absolute atomic E-state index is 0.436. The molecule has 3 rings (SSSR count). The molecule has 156 valence electrons. The van der Waals surface area contributed by atoms with Gasteiger partial charge in [-0.05, 0) is 77.1 Å². The minimum atomic E-state index is 0.436. The Morgan fingerprint density at radius 2 is 1.27 bits per heavy atom. The molecule has 3 aromatic rings. The van der Waals surface area contributed by atoms with Crippen molar-refractivity contribution in [3.8, 4) is 0 Å². The third-order valence-electron chi connectivity index (χ3n) is 5.51. The zero-order valence-corrected chi connectivity index (χ0v) is 20.1. The lowest BCUT2D eigenvalue weighted by atomic mass is 9.93. The first-order valence-electron chi connectivity index (χ1n) is 10.8. The number of hydrogen-bond acceptors (Lipinski definition) is 1. The van der Waals surface area contributed by atoms with Crippen LogP contribution in [0.4, 0.5) is 5.69 Å². The quantitative estimate of drug-likeness (QED) is 0.295. The van der Waals surface area contributed by atoms with Crippen LogP contribution in [-0.2, 0) is 11.1 Å². The normalized spacial score (nSPS) is 11.1. The SMILES string of the molecule is Cc1cc(C)c(C(=S=Nc2c(C(C)C)cccc2C(C)C)c2ccccc2)c(C)c1. The van der Waals surface area contributed by atoms with Gasteiger partial charge < -0.3 is 0 Å². The summed E-state index contributed by atoms with van der Waals surface area (Å²) in [4.78, 5) is 1.22. The summed E-state index contributed by atoms with van der Waals surface area (Å²) >= 11 is 1.62. The highest BCUT2D eigenvalue weighted by Crippen LogP contribution is 2.34. The molecule has 0 heterocycles. The van der Waals surface area contributed by atoms with Crippen molar-refractivity contribution in [2.45, 2.75) is 60.3 Å². The van der Waals surface area contributed by atoms with Gasteiger partial charge in [-0.3, -0.25) is 0 Å². The van der Waals surface area contributed by atoms with Crippen molar-refractivity contribution in [1.82, 2.24) is 0 Å². The van der Waals surface area contributed by atoms with E-state index < -0.39 is 0 Å². The van der Waals surface area contributed by atoms with Crippen molar-refractivity contribution < 1.29 is 0 Å². The molecule has 0 aliphatic rings. The van der Waals surface area contributed by atoms with Crippen LogP contribution in [0.5, 0.6) is 0 Å². The van der Waals surface area contributed by atoms with E-state index in [2.05, 4.69) is 109 Å². The second-order valence-corrected chi connectivity index (χ2v) is 9.52. The molecule has 0 radical (unpaired) electrons. The van der Waals surface area contributed by atoms with Crippen LogP contribution in [0.3, 0.4) is 0 Å².